The Balaban J connectivity index is 1.64. The number of hydrogen-bond donors (Lipinski definition) is 0. The number of hydrogen-bond acceptors (Lipinski definition) is 6. The summed E-state index contributed by atoms with van der Waals surface area (Å²) >= 11 is 0. The van der Waals surface area contributed by atoms with Crippen LogP contribution in [0.3, 0.4) is 0 Å². The number of carbonyl (C=O) groups is 2. The summed E-state index contributed by atoms with van der Waals surface area (Å²) in [5, 5.41) is 0. The van der Waals surface area contributed by atoms with Gasteiger partial charge in [-0.25, -0.2) is 0 Å². The highest BCUT2D eigenvalue weighted by Crippen LogP contribution is 2.80. The molecule has 4 saturated carbocycles. The van der Waals surface area contributed by atoms with Crippen LogP contribution in [-0.4, -0.2) is 54.5 Å². The molecule has 5 rings (SSSR count). The summed E-state index contributed by atoms with van der Waals surface area (Å²) in [5.41, 5.74) is -1.21. The fourth-order valence-electron chi connectivity index (χ4n) is 9.81. The minimum absolute atomic E-state index is 0.0122. The second-order valence-electron chi connectivity index (χ2n) is 14.7. The van der Waals surface area contributed by atoms with Crippen molar-refractivity contribution in [1.82, 2.24) is 0 Å². The van der Waals surface area contributed by atoms with Gasteiger partial charge in [-0.15, -0.1) is 0 Å². The first-order valence-electron chi connectivity index (χ1n) is 13.7. The van der Waals surface area contributed by atoms with Gasteiger partial charge in [0.1, 0.15) is 0 Å². The maximum Gasteiger partial charge on any atom is 0.312 e. The molecule has 0 aromatic heterocycles. The van der Waals surface area contributed by atoms with Crippen molar-refractivity contribution < 1.29 is 27.9 Å². The maximum absolute atomic E-state index is 13.8. The molecule has 1 saturated heterocycles. The first kappa shape index (κ1) is 25.9. The summed E-state index contributed by atoms with van der Waals surface area (Å²) in [6.07, 6.45) is 6.72. The van der Waals surface area contributed by atoms with Crippen molar-refractivity contribution in [1.29, 1.82) is 0 Å². The third-order valence-electron chi connectivity index (χ3n) is 10.5. The minimum Gasteiger partial charge on any atom is -0.469 e. The van der Waals surface area contributed by atoms with Gasteiger partial charge < -0.3 is 18.3 Å². The molecule has 0 N–H and O–H groups in total. The lowest BCUT2D eigenvalue weighted by molar-refractivity contribution is -0.201. The van der Waals surface area contributed by atoms with E-state index in [1.807, 2.05) is 0 Å². The van der Waals surface area contributed by atoms with E-state index in [0.717, 1.165) is 44.9 Å². The normalized spacial score (nSPS) is 46.6. The Kier molecular flexibility index (Phi) is 5.85. The molecule has 8 atom stereocenters. The molecule has 0 amide bonds. The fourth-order valence-corrected chi connectivity index (χ4v) is 12.1. The van der Waals surface area contributed by atoms with Crippen LogP contribution in [0.15, 0.2) is 0 Å². The second-order valence-corrected chi connectivity index (χ2v) is 23.6. The predicted molar refractivity (Wildman–Crippen MR) is 139 cm³/mol. The summed E-state index contributed by atoms with van der Waals surface area (Å²) in [7, 11) is -2.06. The highest BCUT2D eigenvalue weighted by atomic mass is 28.4. The molecule has 35 heavy (non-hydrogen) atoms. The average molecular weight is 523 g/mol. The van der Waals surface area contributed by atoms with Crippen LogP contribution < -0.4 is 0 Å². The predicted octanol–water partition coefficient (Wildman–Crippen LogP) is 5.39. The summed E-state index contributed by atoms with van der Waals surface area (Å²) in [4.78, 5) is 27.0. The SMILES string of the molecule is COC(=O)[C@H]1[C@@H]2C3(C)CCC[C@@]2(COC3=O)[C@@H]2CC[C@]3(O[Si](C)(C)C)C[C@@]21CC3CO[Si](C)(C)C. The van der Waals surface area contributed by atoms with Crippen molar-refractivity contribution in [3.05, 3.63) is 0 Å². The van der Waals surface area contributed by atoms with Gasteiger partial charge in [0.15, 0.2) is 16.6 Å². The number of rotatable bonds is 6. The number of ether oxygens (including phenoxy) is 2. The zero-order valence-electron chi connectivity index (χ0n) is 23.1. The molecule has 2 unspecified atom stereocenters. The number of cyclic esters (lactones) is 1. The molecule has 1 aliphatic heterocycles. The lowest BCUT2D eigenvalue weighted by Crippen LogP contribution is -2.58. The third kappa shape index (κ3) is 3.67. The highest BCUT2D eigenvalue weighted by Gasteiger charge is 2.81. The molecule has 1 heterocycles. The van der Waals surface area contributed by atoms with Crippen LogP contribution in [0.2, 0.25) is 39.3 Å². The molecule has 6 nitrogen and oxygen atoms in total. The topological polar surface area (TPSA) is 71.1 Å². The Morgan fingerprint density at radius 2 is 1.77 bits per heavy atom. The van der Waals surface area contributed by atoms with Gasteiger partial charge in [0.25, 0.3) is 0 Å². The Labute approximate surface area is 213 Å². The molecule has 8 heteroatoms. The Morgan fingerprint density at radius 1 is 1.06 bits per heavy atom. The van der Waals surface area contributed by atoms with Crippen LogP contribution in [0, 0.1) is 39.9 Å². The Bertz CT molecular complexity index is 910. The van der Waals surface area contributed by atoms with E-state index in [-0.39, 0.29) is 46.1 Å². The summed E-state index contributed by atoms with van der Waals surface area (Å²) in [5.74, 6) is 0.0912. The van der Waals surface area contributed by atoms with Crippen LogP contribution in [-0.2, 0) is 27.9 Å². The van der Waals surface area contributed by atoms with E-state index in [2.05, 4.69) is 46.2 Å². The number of fused-ring (bicyclic) bond motifs is 1. The van der Waals surface area contributed by atoms with Gasteiger partial charge >= 0.3 is 11.9 Å². The molecule has 5 fully saturated rings. The minimum atomic E-state index is -1.86. The average Bonchev–Trinajstić information content (AvgIpc) is 3.13. The number of methoxy groups -OCH3 is 1. The van der Waals surface area contributed by atoms with E-state index in [0.29, 0.717) is 19.1 Å². The van der Waals surface area contributed by atoms with Crippen molar-refractivity contribution in [2.24, 2.45) is 39.9 Å². The van der Waals surface area contributed by atoms with Gasteiger partial charge in [-0.2, -0.15) is 0 Å². The largest absolute Gasteiger partial charge is 0.469 e. The van der Waals surface area contributed by atoms with Gasteiger partial charge in [0.2, 0.25) is 0 Å². The first-order chi connectivity index (χ1) is 16.1. The van der Waals surface area contributed by atoms with E-state index in [4.69, 9.17) is 18.3 Å². The van der Waals surface area contributed by atoms with Crippen molar-refractivity contribution in [3.8, 4) is 0 Å². The standard InChI is InChI=1S/C27H46O6Si2/c1-24-11-9-12-25(17-31-23(24)29)19-10-13-27(33-35(6,7)8)16-26(19,20(21(24)25)22(28)30-2)14-18(27)15-32-34(3,4)5/h18-21H,9-17H2,1-8H3/t18?,19-,20+,21+,24?,25+,26-,27-/m0/s1. The molecular formula is C27H46O6Si2. The van der Waals surface area contributed by atoms with Crippen LogP contribution in [0.1, 0.15) is 51.9 Å². The molecule has 0 aromatic rings. The van der Waals surface area contributed by atoms with Gasteiger partial charge in [0.05, 0.1) is 30.7 Å². The van der Waals surface area contributed by atoms with Gasteiger partial charge in [0, 0.05) is 17.9 Å². The van der Waals surface area contributed by atoms with Crippen molar-refractivity contribution in [2.75, 3.05) is 20.3 Å². The molecular weight excluding hydrogens is 476 g/mol. The zero-order valence-corrected chi connectivity index (χ0v) is 25.1. The lowest BCUT2D eigenvalue weighted by atomic mass is 9.51. The zero-order chi connectivity index (χ0) is 25.7. The summed E-state index contributed by atoms with van der Waals surface area (Å²) < 4.78 is 25.2. The third-order valence-corrected chi connectivity index (χ3v) is 12.5. The van der Waals surface area contributed by atoms with E-state index >= 15 is 0 Å². The molecule has 1 spiro atoms. The van der Waals surface area contributed by atoms with Crippen LogP contribution in [0.25, 0.3) is 0 Å². The molecule has 0 radical (unpaired) electrons. The van der Waals surface area contributed by atoms with E-state index in [1.165, 1.54) is 7.11 Å². The van der Waals surface area contributed by atoms with Crippen molar-refractivity contribution in [3.63, 3.8) is 0 Å². The van der Waals surface area contributed by atoms with Gasteiger partial charge in [-0.05, 0) is 102 Å². The Hall–Kier alpha value is -0.706. The van der Waals surface area contributed by atoms with Gasteiger partial charge in [-0.3, -0.25) is 9.59 Å². The lowest BCUT2D eigenvalue weighted by Gasteiger charge is -2.56. The van der Waals surface area contributed by atoms with Crippen LogP contribution >= 0.6 is 0 Å². The summed E-state index contributed by atoms with van der Waals surface area (Å²) in [6, 6.07) is 0. The number of carbonyl (C=O) groups excluding carboxylic acids is 2. The molecule has 5 aliphatic rings. The second kappa shape index (κ2) is 7.90. The van der Waals surface area contributed by atoms with Crippen molar-refractivity contribution in [2.45, 2.75) is 96.8 Å². The molecule has 0 aromatic carbocycles. The summed E-state index contributed by atoms with van der Waals surface area (Å²) in [6.45, 7) is 16.8. The molecule has 4 bridgehead atoms. The van der Waals surface area contributed by atoms with Gasteiger partial charge in [-0.1, -0.05) is 6.42 Å². The van der Waals surface area contributed by atoms with Crippen molar-refractivity contribution >= 4 is 28.6 Å². The Morgan fingerprint density at radius 3 is 2.40 bits per heavy atom. The highest BCUT2D eigenvalue weighted by molar-refractivity contribution is 6.70. The quantitative estimate of drug-likeness (QED) is 0.344. The van der Waals surface area contributed by atoms with E-state index < -0.39 is 22.0 Å². The molecule has 4 aliphatic carbocycles. The fraction of sp³-hybridized carbons (Fsp3) is 0.926. The van der Waals surface area contributed by atoms with Crippen LogP contribution in [0.4, 0.5) is 0 Å². The maximum atomic E-state index is 13.8. The van der Waals surface area contributed by atoms with Crippen LogP contribution in [0.5, 0.6) is 0 Å². The first-order valence-corrected chi connectivity index (χ1v) is 20.5. The number of esters is 2. The van der Waals surface area contributed by atoms with E-state index in [9.17, 15) is 9.59 Å². The smallest absolute Gasteiger partial charge is 0.312 e. The monoisotopic (exact) mass is 522 g/mol. The molecule has 198 valence electrons. The van der Waals surface area contributed by atoms with E-state index in [1.54, 1.807) is 0 Å².